The first-order valence-electron chi connectivity index (χ1n) is 9.48. The Morgan fingerprint density at radius 3 is 2.70 bits per heavy atom. The number of piperidine rings is 1. The lowest BCUT2D eigenvalue weighted by atomic mass is 9.98. The summed E-state index contributed by atoms with van der Waals surface area (Å²) in [5.74, 6) is -1.10. The van der Waals surface area contributed by atoms with Crippen LogP contribution in [0.5, 0.6) is 0 Å². The summed E-state index contributed by atoms with van der Waals surface area (Å²) in [7, 11) is 0. The van der Waals surface area contributed by atoms with E-state index in [1.165, 1.54) is 12.1 Å². The van der Waals surface area contributed by atoms with Gasteiger partial charge in [0.1, 0.15) is 5.82 Å². The molecule has 142 valence electrons. The predicted octanol–water partition coefficient (Wildman–Crippen LogP) is 4.79. The van der Waals surface area contributed by atoms with Crippen molar-refractivity contribution < 1.29 is 14.0 Å². The summed E-state index contributed by atoms with van der Waals surface area (Å²) in [6, 6.07) is 11.4. The highest BCUT2D eigenvalue weighted by Crippen LogP contribution is 2.24. The molecule has 1 saturated heterocycles. The molecule has 2 aromatic rings. The highest BCUT2D eigenvalue weighted by Gasteiger charge is 2.26. The molecule has 4 nitrogen and oxygen atoms in total. The van der Waals surface area contributed by atoms with E-state index >= 15 is 0 Å². The highest BCUT2D eigenvalue weighted by atomic mass is 19.1. The van der Waals surface area contributed by atoms with Gasteiger partial charge < -0.3 is 10.2 Å². The average Bonchev–Trinajstić information content (AvgIpc) is 2.69. The quantitative estimate of drug-likeness (QED) is 0.843. The topological polar surface area (TPSA) is 49.4 Å². The number of nitrogens with zero attached hydrogens (tertiary/aromatic N) is 1. The predicted molar refractivity (Wildman–Crippen MR) is 104 cm³/mol. The van der Waals surface area contributed by atoms with Crippen LogP contribution in [-0.4, -0.2) is 29.3 Å². The number of anilines is 1. The van der Waals surface area contributed by atoms with E-state index in [1.54, 1.807) is 24.3 Å². The molecule has 0 aliphatic carbocycles. The van der Waals surface area contributed by atoms with Crippen molar-refractivity contribution in [3.8, 4) is 0 Å². The smallest absolute Gasteiger partial charge is 0.258 e. The lowest BCUT2D eigenvalue weighted by molar-refractivity contribution is 0.0608. The number of amides is 2. The zero-order valence-corrected chi connectivity index (χ0v) is 15.8. The Morgan fingerprint density at radius 1 is 1.19 bits per heavy atom. The van der Waals surface area contributed by atoms with E-state index in [-0.39, 0.29) is 17.5 Å². The molecule has 2 amide bonds. The number of carbonyl (C=O) groups excluding carboxylic acids is 2. The molecule has 0 aromatic heterocycles. The van der Waals surface area contributed by atoms with E-state index in [2.05, 4.69) is 12.2 Å². The van der Waals surface area contributed by atoms with Crippen LogP contribution in [0.3, 0.4) is 0 Å². The summed E-state index contributed by atoms with van der Waals surface area (Å²) in [6.07, 6.45) is 4.14. The van der Waals surface area contributed by atoms with Crippen molar-refractivity contribution in [3.05, 3.63) is 65.0 Å². The van der Waals surface area contributed by atoms with Crippen LogP contribution in [-0.2, 0) is 0 Å². The van der Waals surface area contributed by atoms with Crippen molar-refractivity contribution in [2.75, 3.05) is 11.9 Å². The highest BCUT2D eigenvalue weighted by molar-refractivity contribution is 6.05. The molecule has 0 spiro atoms. The molecule has 2 aromatic carbocycles. The fraction of sp³-hybridized carbons (Fsp3) is 0.364. The Morgan fingerprint density at radius 2 is 1.96 bits per heavy atom. The number of hydrogen-bond donors (Lipinski definition) is 1. The number of carbonyl (C=O) groups is 2. The van der Waals surface area contributed by atoms with E-state index in [0.717, 1.165) is 37.8 Å². The van der Waals surface area contributed by atoms with Gasteiger partial charge in [-0.15, -0.1) is 0 Å². The molecule has 3 rings (SSSR count). The SMILES string of the molecule is CCC1CCCCN1C(=O)c1ccc(C)c(NC(=O)c2ccccc2F)c1. The summed E-state index contributed by atoms with van der Waals surface area (Å²) in [6.45, 7) is 4.72. The summed E-state index contributed by atoms with van der Waals surface area (Å²) in [5.41, 5.74) is 1.88. The Labute approximate surface area is 159 Å². The van der Waals surface area contributed by atoms with Gasteiger partial charge >= 0.3 is 0 Å². The van der Waals surface area contributed by atoms with Gasteiger partial charge in [-0.2, -0.15) is 0 Å². The number of aryl methyl sites for hydroxylation is 1. The molecule has 0 saturated carbocycles. The third kappa shape index (κ3) is 4.18. The van der Waals surface area contributed by atoms with Crippen molar-refractivity contribution in [1.29, 1.82) is 0 Å². The molecule has 1 aliphatic heterocycles. The molecular formula is C22H25FN2O2. The molecule has 1 atom stereocenters. The van der Waals surface area contributed by atoms with Gasteiger partial charge in [-0.1, -0.05) is 25.1 Å². The first kappa shape index (κ1) is 19.1. The summed E-state index contributed by atoms with van der Waals surface area (Å²) in [5, 5.41) is 2.74. The third-order valence-electron chi connectivity index (χ3n) is 5.21. The molecule has 1 aliphatic rings. The largest absolute Gasteiger partial charge is 0.336 e. The van der Waals surface area contributed by atoms with E-state index < -0.39 is 11.7 Å². The third-order valence-corrected chi connectivity index (χ3v) is 5.21. The number of benzene rings is 2. The van der Waals surface area contributed by atoms with Crippen LogP contribution in [0.4, 0.5) is 10.1 Å². The first-order chi connectivity index (χ1) is 13.0. The van der Waals surface area contributed by atoms with Crippen LogP contribution in [0.25, 0.3) is 0 Å². The molecule has 0 bridgehead atoms. The van der Waals surface area contributed by atoms with Crippen molar-refractivity contribution >= 4 is 17.5 Å². The minimum atomic E-state index is -0.570. The Bertz CT molecular complexity index is 850. The van der Waals surface area contributed by atoms with Crippen LogP contribution in [0.1, 0.15) is 58.9 Å². The second kappa shape index (κ2) is 8.33. The lowest BCUT2D eigenvalue weighted by Gasteiger charge is -2.35. The molecule has 5 heteroatoms. The standard InChI is InChI=1S/C22H25FN2O2/c1-3-17-8-6-7-13-25(17)22(27)16-12-11-15(2)20(14-16)24-21(26)18-9-4-5-10-19(18)23/h4-5,9-12,14,17H,3,6-8,13H2,1-2H3,(H,24,26). The second-order valence-electron chi connectivity index (χ2n) is 7.02. The van der Waals surface area contributed by atoms with Gasteiger partial charge in [0.15, 0.2) is 0 Å². The first-order valence-corrected chi connectivity index (χ1v) is 9.48. The zero-order valence-electron chi connectivity index (χ0n) is 15.8. The maximum absolute atomic E-state index is 13.9. The van der Waals surface area contributed by atoms with Gasteiger partial charge in [0.2, 0.25) is 0 Å². The Hall–Kier alpha value is -2.69. The van der Waals surface area contributed by atoms with Gasteiger partial charge in [0.05, 0.1) is 5.56 Å². The summed E-state index contributed by atoms with van der Waals surface area (Å²) in [4.78, 5) is 27.4. The van der Waals surface area contributed by atoms with Gasteiger partial charge in [-0.05, 0) is 62.4 Å². The number of nitrogens with one attached hydrogen (secondary N) is 1. The second-order valence-corrected chi connectivity index (χ2v) is 7.02. The average molecular weight is 368 g/mol. The molecule has 1 fully saturated rings. The number of hydrogen-bond acceptors (Lipinski definition) is 2. The summed E-state index contributed by atoms with van der Waals surface area (Å²) >= 11 is 0. The van der Waals surface area contributed by atoms with Crippen LogP contribution < -0.4 is 5.32 Å². The fourth-order valence-electron chi connectivity index (χ4n) is 3.58. The number of halogens is 1. The van der Waals surface area contributed by atoms with Crippen LogP contribution in [0.15, 0.2) is 42.5 Å². The number of likely N-dealkylation sites (tertiary alicyclic amines) is 1. The minimum Gasteiger partial charge on any atom is -0.336 e. The fourth-order valence-corrected chi connectivity index (χ4v) is 3.58. The maximum atomic E-state index is 13.9. The van der Waals surface area contributed by atoms with E-state index in [0.29, 0.717) is 11.3 Å². The van der Waals surface area contributed by atoms with Crippen LogP contribution >= 0.6 is 0 Å². The van der Waals surface area contributed by atoms with Gasteiger partial charge in [-0.25, -0.2) is 4.39 Å². The molecule has 0 radical (unpaired) electrons. The minimum absolute atomic E-state index is 0.0112. The van der Waals surface area contributed by atoms with E-state index in [1.807, 2.05) is 17.9 Å². The van der Waals surface area contributed by atoms with Crippen molar-refractivity contribution in [1.82, 2.24) is 4.90 Å². The van der Waals surface area contributed by atoms with Gasteiger partial charge in [0.25, 0.3) is 11.8 Å². The molecule has 1 unspecified atom stereocenters. The Kier molecular flexibility index (Phi) is 5.89. The molecule has 27 heavy (non-hydrogen) atoms. The van der Waals surface area contributed by atoms with Crippen molar-refractivity contribution in [3.63, 3.8) is 0 Å². The number of rotatable bonds is 4. The van der Waals surface area contributed by atoms with Crippen molar-refractivity contribution in [2.45, 2.75) is 45.6 Å². The van der Waals surface area contributed by atoms with Gasteiger partial charge in [-0.3, -0.25) is 9.59 Å². The van der Waals surface area contributed by atoms with E-state index in [4.69, 9.17) is 0 Å². The Balaban J connectivity index is 1.83. The van der Waals surface area contributed by atoms with Crippen LogP contribution in [0.2, 0.25) is 0 Å². The summed E-state index contributed by atoms with van der Waals surface area (Å²) < 4.78 is 13.9. The molecule has 1 N–H and O–H groups in total. The van der Waals surface area contributed by atoms with E-state index in [9.17, 15) is 14.0 Å². The van der Waals surface area contributed by atoms with Crippen LogP contribution in [0, 0.1) is 12.7 Å². The zero-order chi connectivity index (χ0) is 19.4. The van der Waals surface area contributed by atoms with Gasteiger partial charge in [0, 0.05) is 23.8 Å². The molecular weight excluding hydrogens is 343 g/mol. The van der Waals surface area contributed by atoms with Crippen molar-refractivity contribution in [2.24, 2.45) is 0 Å². The monoisotopic (exact) mass is 368 g/mol. The normalized spacial score (nSPS) is 16.9. The lowest BCUT2D eigenvalue weighted by Crippen LogP contribution is -2.43. The maximum Gasteiger partial charge on any atom is 0.258 e. The molecule has 1 heterocycles.